The van der Waals surface area contributed by atoms with Crippen molar-refractivity contribution in [1.29, 1.82) is 0 Å². The van der Waals surface area contributed by atoms with Gasteiger partial charge in [-0.3, -0.25) is 0 Å². The highest BCUT2D eigenvalue weighted by Crippen LogP contribution is 1.96. The van der Waals surface area contributed by atoms with Gasteiger partial charge < -0.3 is 10.5 Å². The van der Waals surface area contributed by atoms with E-state index in [9.17, 15) is 4.79 Å². The first-order valence-corrected chi connectivity index (χ1v) is 4.04. The number of carbonyl (C=O) groups excluding carboxylic acids is 1. The molecule has 13 heavy (non-hydrogen) atoms. The molecule has 1 aromatic rings. The lowest BCUT2D eigenvalue weighted by molar-refractivity contribution is 0.0504. The largest absolute Gasteiger partial charge is 0.460 e. The molecule has 0 fully saturated rings. The molecule has 0 saturated heterocycles. The van der Waals surface area contributed by atoms with Crippen LogP contribution in [-0.4, -0.2) is 33.9 Å². The molecular weight excluding hydrogens is 172 g/mol. The standard InChI is InChI=1S/C7H12N4O2/c1-2-13-7(12)6-9-5-10-11(6)4-3-8/h5H,2-4,8H2,1H3. The van der Waals surface area contributed by atoms with E-state index in [1.165, 1.54) is 11.0 Å². The van der Waals surface area contributed by atoms with Gasteiger partial charge in [0, 0.05) is 6.54 Å². The number of hydrogen-bond acceptors (Lipinski definition) is 5. The Bertz CT molecular complexity index is 284. The molecule has 72 valence electrons. The van der Waals surface area contributed by atoms with Gasteiger partial charge in [-0.25, -0.2) is 14.5 Å². The van der Waals surface area contributed by atoms with Gasteiger partial charge >= 0.3 is 5.97 Å². The van der Waals surface area contributed by atoms with Crippen molar-refractivity contribution in [3.8, 4) is 0 Å². The Morgan fingerprint density at radius 2 is 2.54 bits per heavy atom. The van der Waals surface area contributed by atoms with E-state index >= 15 is 0 Å². The number of esters is 1. The van der Waals surface area contributed by atoms with Gasteiger partial charge in [0.25, 0.3) is 0 Å². The van der Waals surface area contributed by atoms with Crippen LogP contribution >= 0.6 is 0 Å². The third-order valence-corrected chi connectivity index (χ3v) is 1.41. The van der Waals surface area contributed by atoms with E-state index in [4.69, 9.17) is 10.5 Å². The van der Waals surface area contributed by atoms with Gasteiger partial charge in [0.2, 0.25) is 5.82 Å². The number of nitrogens with zero attached hydrogens (tertiary/aromatic N) is 3. The van der Waals surface area contributed by atoms with Crippen LogP contribution in [0.1, 0.15) is 17.5 Å². The second kappa shape index (κ2) is 4.56. The van der Waals surface area contributed by atoms with Crippen LogP contribution in [0.2, 0.25) is 0 Å². The number of nitrogens with two attached hydrogens (primary N) is 1. The number of ether oxygens (including phenoxy) is 1. The van der Waals surface area contributed by atoms with Crippen molar-refractivity contribution in [2.24, 2.45) is 5.73 Å². The van der Waals surface area contributed by atoms with Crippen molar-refractivity contribution in [2.45, 2.75) is 13.5 Å². The molecule has 0 unspecified atom stereocenters. The minimum absolute atomic E-state index is 0.201. The molecule has 0 atom stereocenters. The molecule has 0 spiro atoms. The van der Waals surface area contributed by atoms with Crippen LogP contribution in [0.3, 0.4) is 0 Å². The maximum atomic E-state index is 11.2. The minimum Gasteiger partial charge on any atom is -0.460 e. The highest BCUT2D eigenvalue weighted by molar-refractivity contribution is 5.85. The third kappa shape index (κ3) is 2.25. The predicted molar refractivity (Wildman–Crippen MR) is 45.0 cm³/mol. The van der Waals surface area contributed by atoms with Crippen LogP contribution in [0.5, 0.6) is 0 Å². The van der Waals surface area contributed by atoms with Crippen LogP contribution in [0.25, 0.3) is 0 Å². The Hall–Kier alpha value is -1.43. The molecule has 2 N–H and O–H groups in total. The van der Waals surface area contributed by atoms with E-state index < -0.39 is 5.97 Å². The lowest BCUT2D eigenvalue weighted by Crippen LogP contribution is -2.18. The molecule has 0 aromatic carbocycles. The number of rotatable bonds is 4. The van der Waals surface area contributed by atoms with Gasteiger partial charge in [-0.1, -0.05) is 0 Å². The number of hydrogen-bond donors (Lipinski definition) is 1. The van der Waals surface area contributed by atoms with Crippen molar-refractivity contribution in [2.75, 3.05) is 13.2 Å². The van der Waals surface area contributed by atoms with Gasteiger partial charge in [-0.05, 0) is 6.92 Å². The molecule has 1 aromatic heterocycles. The second-order valence-corrected chi connectivity index (χ2v) is 2.32. The zero-order valence-electron chi connectivity index (χ0n) is 7.43. The molecule has 0 bridgehead atoms. The van der Waals surface area contributed by atoms with Gasteiger partial charge in [-0.2, -0.15) is 5.10 Å². The summed E-state index contributed by atoms with van der Waals surface area (Å²) in [5, 5.41) is 3.83. The average Bonchev–Trinajstić information content (AvgIpc) is 2.54. The highest BCUT2D eigenvalue weighted by atomic mass is 16.5. The summed E-state index contributed by atoms with van der Waals surface area (Å²) in [6.45, 7) is 2.94. The fraction of sp³-hybridized carbons (Fsp3) is 0.571. The van der Waals surface area contributed by atoms with Crippen molar-refractivity contribution in [3.63, 3.8) is 0 Å². The summed E-state index contributed by atoms with van der Waals surface area (Å²) in [5.41, 5.74) is 5.32. The maximum Gasteiger partial charge on any atom is 0.376 e. The zero-order valence-corrected chi connectivity index (χ0v) is 7.43. The Balaban J connectivity index is 2.74. The summed E-state index contributed by atoms with van der Waals surface area (Å²) in [7, 11) is 0. The normalized spacial score (nSPS) is 10.0. The summed E-state index contributed by atoms with van der Waals surface area (Å²) in [6, 6.07) is 0. The molecule has 0 radical (unpaired) electrons. The molecule has 6 nitrogen and oxygen atoms in total. The van der Waals surface area contributed by atoms with Gasteiger partial charge in [0.1, 0.15) is 6.33 Å². The smallest absolute Gasteiger partial charge is 0.376 e. The van der Waals surface area contributed by atoms with Crippen LogP contribution < -0.4 is 5.73 Å². The molecule has 0 aliphatic carbocycles. The average molecular weight is 184 g/mol. The highest BCUT2D eigenvalue weighted by Gasteiger charge is 2.13. The maximum absolute atomic E-state index is 11.2. The summed E-state index contributed by atoms with van der Waals surface area (Å²) in [6.07, 6.45) is 1.31. The Kier molecular flexibility index (Phi) is 3.39. The van der Waals surface area contributed by atoms with Gasteiger partial charge in [0.05, 0.1) is 13.2 Å². The van der Waals surface area contributed by atoms with Gasteiger partial charge in [0.15, 0.2) is 0 Å². The quantitative estimate of drug-likeness (QED) is 0.632. The molecule has 6 heteroatoms. The summed E-state index contributed by atoms with van der Waals surface area (Å²) in [5.74, 6) is -0.263. The fourth-order valence-corrected chi connectivity index (χ4v) is 0.904. The monoisotopic (exact) mass is 184 g/mol. The fourth-order valence-electron chi connectivity index (χ4n) is 0.904. The Labute approximate surface area is 75.7 Å². The van der Waals surface area contributed by atoms with E-state index in [0.29, 0.717) is 19.7 Å². The molecular formula is C7H12N4O2. The molecule has 0 amide bonds. The van der Waals surface area contributed by atoms with Crippen LogP contribution in [-0.2, 0) is 11.3 Å². The van der Waals surface area contributed by atoms with E-state index in [0.717, 1.165) is 0 Å². The predicted octanol–water partition coefficient (Wildman–Crippen LogP) is -0.587. The molecule has 0 saturated carbocycles. The number of carbonyl (C=O) groups is 1. The SMILES string of the molecule is CCOC(=O)c1ncnn1CCN. The van der Waals surface area contributed by atoms with Crippen LogP contribution in [0.15, 0.2) is 6.33 Å². The van der Waals surface area contributed by atoms with E-state index in [1.54, 1.807) is 6.92 Å². The van der Waals surface area contributed by atoms with Gasteiger partial charge in [-0.15, -0.1) is 0 Å². The van der Waals surface area contributed by atoms with E-state index in [-0.39, 0.29) is 5.82 Å². The zero-order chi connectivity index (χ0) is 9.68. The van der Waals surface area contributed by atoms with Crippen LogP contribution in [0, 0.1) is 0 Å². The molecule has 1 rings (SSSR count). The van der Waals surface area contributed by atoms with E-state index in [2.05, 4.69) is 10.1 Å². The molecule has 0 aliphatic heterocycles. The van der Waals surface area contributed by atoms with Crippen molar-refractivity contribution < 1.29 is 9.53 Å². The first-order chi connectivity index (χ1) is 6.29. The summed E-state index contributed by atoms with van der Waals surface area (Å²) in [4.78, 5) is 15.0. The van der Waals surface area contributed by atoms with Crippen LogP contribution in [0.4, 0.5) is 0 Å². The van der Waals surface area contributed by atoms with Crippen molar-refractivity contribution in [1.82, 2.24) is 14.8 Å². The lowest BCUT2D eigenvalue weighted by atomic mass is 10.5. The van der Waals surface area contributed by atoms with Crippen molar-refractivity contribution >= 4 is 5.97 Å². The first kappa shape index (κ1) is 9.66. The molecule has 0 aliphatic rings. The Morgan fingerprint density at radius 1 is 1.77 bits per heavy atom. The van der Waals surface area contributed by atoms with Crippen molar-refractivity contribution in [3.05, 3.63) is 12.2 Å². The summed E-state index contributed by atoms with van der Waals surface area (Å²) >= 11 is 0. The van der Waals surface area contributed by atoms with E-state index in [1.807, 2.05) is 0 Å². The summed E-state index contributed by atoms with van der Waals surface area (Å²) < 4.78 is 6.20. The number of aromatic nitrogens is 3. The minimum atomic E-state index is -0.464. The second-order valence-electron chi connectivity index (χ2n) is 2.32. The first-order valence-electron chi connectivity index (χ1n) is 4.04. The Morgan fingerprint density at radius 3 is 3.15 bits per heavy atom. The topological polar surface area (TPSA) is 83.0 Å². The molecule has 1 heterocycles. The third-order valence-electron chi connectivity index (χ3n) is 1.41. The lowest BCUT2D eigenvalue weighted by Gasteiger charge is -2.02.